The highest BCUT2D eigenvalue weighted by Gasteiger charge is 2.12. The Morgan fingerprint density at radius 2 is 1.91 bits per heavy atom. The lowest BCUT2D eigenvalue weighted by molar-refractivity contribution is 0.267. The maximum absolute atomic E-state index is 9.48. The average molecular weight is 301 g/mol. The number of anilines is 1. The summed E-state index contributed by atoms with van der Waals surface area (Å²) in [6, 6.07) is 13.8. The normalized spacial score (nSPS) is 11.8. The first kappa shape index (κ1) is 16.2. The van der Waals surface area contributed by atoms with Crippen molar-refractivity contribution in [2.24, 2.45) is 0 Å². The van der Waals surface area contributed by atoms with E-state index in [2.05, 4.69) is 12.2 Å². The molecular weight excluding hydrogens is 278 g/mol. The molecule has 0 fully saturated rings. The first-order valence-electron chi connectivity index (χ1n) is 7.45. The number of aliphatic hydroxyl groups excluding tert-OH is 1. The molecular formula is C18H23NO3. The molecule has 0 bridgehead atoms. The number of nitrogens with one attached hydrogen (secondary N) is 1. The van der Waals surface area contributed by atoms with Gasteiger partial charge in [0.25, 0.3) is 0 Å². The Morgan fingerprint density at radius 1 is 1.14 bits per heavy atom. The Balaban J connectivity index is 2.19. The van der Waals surface area contributed by atoms with Gasteiger partial charge in [-0.1, -0.05) is 18.2 Å². The number of ether oxygens (including phenoxy) is 2. The molecule has 4 heteroatoms. The molecule has 0 saturated heterocycles. The molecule has 0 radical (unpaired) electrons. The van der Waals surface area contributed by atoms with Crippen LogP contribution in [-0.2, 0) is 6.61 Å². The minimum absolute atomic E-state index is 0.0477. The second-order valence-electron chi connectivity index (χ2n) is 5.02. The molecule has 0 amide bonds. The fraction of sp³-hybridized carbons (Fsp3) is 0.333. The van der Waals surface area contributed by atoms with Gasteiger partial charge in [0.15, 0.2) is 0 Å². The van der Waals surface area contributed by atoms with Crippen molar-refractivity contribution in [1.82, 2.24) is 0 Å². The quantitative estimate of drug-likeness (QED) is 0.817. The third kappa shape index (κ3) is 3.71. The Morgan fingerprint density at radius 3 is 2.59 bits per heavy atom. The summed E-state index contributed by atoms with van der Waals surface area (Å²) in [5, 5.41) is 12.9. The summed E-state index contributed by atoms with van der Waals surface area (Å²) in [5.41, 5.74) is 2.80. The van der Waals surface area contributed by atoms with Crippen molar-refractivity contribution in [2.45, 2.75) is 26.5 Å². The molecule has 2 aromatic carbocycles. The zero-order valence-corrected chi connectivity index (χ0v) is 13.3. The fourth-order valence-corrected chi connectivity index (χ4v) is 2.44. The van der Waals surface area contributed by atoms with Crippen LogP contribution in [0.1, 0.15) is 31.0 Å². The first-order valence-corrected chi connectivity index (χ1v) is 7.45. The molecule has 2 rings (SSSR count). The molecule has 0 saturated carbocycles. The number of rotatable bonds is 7. The zero-order valence-electron chi connectivity index (χ0n) is 13.3. The molecule has 0 heterocycles. The van der Waals surface area contributed by atoms with Gasteiger partial charge in [0.1, 0.15) is 11.5 Å². The molecule has 118 valence electrons. The van der Waals surface area contributed by atoms with Crippen LogP contribution in [0, 0.1) is 0 Å². The molecule has 22 heavy (non-hydrogen) atoms. The SMILES string of the molecule is CCOc1ccc(NC(C)c2ccccc2OC)cc1CO. The standard InChI is InChI=1S/C18H23NO3/c1-4-22-17-10-9-15(11-14(17)12-20)19-13(2)16-7-5-6-8-18(16)21-3/h5-11,13,19-20H,4,12H2,1-3H3. The van der Waals surface area contributed by atoms with Crippen LogP contribution >= 0.6 is 0 Å². The maximum atomic E-state index is 9.48. The molecule has 4 nitrogen and oxygen atoms in total. The minimum atomic E-state index is -0.0477. The highest BCUT2D eigenvalue weighted by atomic mass is 16.5. The van der Waals surface area contributed by atoms with Crippen LogP contribution in [0.25, 0.3) is 0 Å². The van der Waals surface area contributed by atoms with E-state index < -0.39 is 0 Å². The lowest BCUT2D eigenvalue weighted by atomic mass is 10.1. The number of benzene rings is 2. The topological polar surface area (TPSA) is 50.7 Å². The van der Waals surface area contributed by atoms with E-state index in [4.69, 9.17) is 9.47 Å². The number of para-hydroxylation sites is 1. The molecule has 0 spiro atoms. The molecule has 1 unspecified atom stereocenters. The van der Waals surface area contributed by atoms with Crippen LogP contribution < -0.4 is 14.8 Å². The third-order valence-electron chi connectivity index (χ3n) is 3.52. The zero-order chi connectivity index (χ0) is 15.9. The van der Waals surface area contributed by atoms with E-state index >= 15 is 0 Å². The molecule has 0 aromatic heterocycles. The summed E-state index contributed by atoms with van der Waals surface area (Å²) in [6.07, 6.45) is 0. The number of aliphatic hydroxyl groups is 1. The summed E-state index contributed by atoms with van der Waals surface area (Å²) < 4.78 is 10.9. The second-order valence-corrected chi connectivity index (χ2v) is 5.02. The van der Waals surface area contributed by atoms with E-state index in [9.17, 15) is 5.11 Å². The van der Waals surface area contributed by atoms with E-state index in [1.54, 1.807) is 7.11 Å². The van der Waals surface area contributed by atoms with Crippen molar-refractivity contribution in [3.8, 4) is 11.5 Å². The number of hydrogen-bond acceptors (Lipinski definition) is 4. The van der Waals surface area contributed by atoms with Crippen molar-refractivity contribution >= 4 is 5.69 Å². The van der Waals surface area contributed by atoms with Gasteiger partial charge < -0.3 is 19.9 Å². The molecule has 1 atom stereocenters. The van der Waals surface area contributed by atoms with E-state index in [0.717, 1.165) is 28.3 Å². The van der Waals surface area contributed by atoms with E-state index in [0.29, 0.717) is 6.61 Å². The van der Waals surface area contributed by atoms with Crippen molar-refractivity contribution < 1.29 is 14.6 Å². The van der Waals surface area contributed by atoms with Gasteiger partial charge >= 0.3 is 0 Å². The first-order chi connectivity index (χ1) is 10.7. The van der Waals surface area contributed by atoms with Gasteiger partial charge in [0.05, 0.1) is 26.4 Å². The average Bonchev–Trinajstić information content (AvgIpc) is 2.56. The predicted molar refractivity (Wildman–Crippen MR) is 88.6 cm³/mol. The number of hydrogen-bond donors (Lipinski definition) is 2. The van der Waals surface area contributed by atoms with Crippen molar-refractivity contribution in [3.63, 3.8) is 0 Å². The van der Waals surface area contributed by atoms with Crippen molar-refractivity contribution in [3.05, 3.63) is 53.6 Å². The van der Waals surface area contributed by atoms with Gasteiger partial charge in [0, 0.05) is 16.8 Å². The Labute approximate surface area is 131 Å². The van der Waals surface area contributed by atoms with Gasteiger partial charge in [-0.15, -0.1) is 0 Å². The minimum Gasteiger partial charge on any atom is -0.496 e. The predicted octanol–water partition coefficient (Wildman–Crippen LogP) is 3.76. The second kappa shape index (κ2) is 7.71. The summed E-state index contributed by atoms with van der Waals surface area (Å²) >= 11 is 0. The Bertz CT molecular complexity index is 613. The van der Waals surface area contributed by atoms with Crippen LogP contribution in [-0.4, -0.2) is 18.8 Å². The molecule has 2 N–H and O–H groups in total. The lowest BCUT2D eigenvalue weighted by Gasteiger charge is -2.19. The maximum Gasteiger partial charge on any atom is 0.124 e. The largest absolute Gasteiger partial charge is 0.496 e. The van der Waals surface area contributed by atoms with Gasteiger partial charge in [-0.3, -0.25) is 0 Å². The lowest BCUT2D eigenvalue weighted by Crippen LogP contribution is -2.08. The Kier molecular flexibility index (Phi) is 5.67. The van der Waals surface area contributed by atoms with Crippen LogP contribution in [0.4, 0.5) is 5.69 Å². The Hall–Kier alpha value is -2.20. The highest BCUT2D eigenvalue weighted by Crippen LogP contribution is 2.29. The molecule has 2 aromatic rings. The van der Waals surface area contributed by atoms with Gasteiger partial charge in [-0.05, 0) is 38.1 Å². The van der Waals surface area contributed by atoms with Crippen molar-refractivity contribution in [1.29, 1.82) is 0 Å². The summed E-state index contributed by atoms with van der Waals surface area (Å²) in [7, 11) is 1.67. The van der Waals surface area contributed by atoms with Crippen LogP contribution in [0.2, 0.25) is 0 Å². The van der Waals surface area contributed by atoms with Crippen molar-refractivity contribution in [2.75, 3.05) is 19.0 Å². The molecule has 0 aliphatic heterocycles. The third-order valence-corrected chi connectivity index (χ3v) is 3.52. The van der Waals surface area contributed by atoms with Crippen LogP contribution in [0.3, 0.4) is 0 Å². The summed E-state index contributed by atoms with van der Waals surface area (Å²) in [4.78, 5) is 0. The van der Waals surface area contributed by atoms with Gasteiger partial charge in [-0.25, -0.2) is 0 Å². The van der Waals surface area contributed by atoms with E-state index in [-0.39, 0.29) is 12.6 Å². The van der Waals surface area contributed by atoms with E-state index in [1.165, 1.54) is 0 Å². The molecule has 0 aliphatic carbocycles. The van der Waals surface area contributed by atoms with Crippen LogP contribution in [0.5, 0.6) is 11.5 Å². The summed E-state index contributed by atoms with van der Waals surface area (Å²) in [6.45, 7) is 4.54. The van der Waals surface area contributed by atoms with E-state index in [1.807, 2.05) is 49.4 Å². The summed E-state index contributed by atoms with van der Waals surface area (Å²) in [5.74, 6) is 1.58. The monoisotopic (exact) mass is 301 g/mol. The number of methoxy groups -OCH3 is 1. The van der Waals surface area contributed by atoms with Crippen LogP contribution in [0.15, 0.2) is 42.5 Å². The fourth-order valence-electron chi connectivity index (χ4n) is 2.44. The highest BCUT2D eigenvalue weighted by molar-refractivity contribution is 5.53. The van der Waals surface area contributed by atoms with Gasteiger partial charge in [-0.2, -0.15) is 0 Å². The molecule has 0 aliphatic rings. The van der Waals surface area contributed by atoms with Gasteiger partial charge in [0.2, 0.25) is 0 Å². The smallest absolute Gasteiger partial charge is 0.124 e.